The predicted octanol–water partition coefficient (Wildman–Crippen LogP) is 1.59. The lowest BCUT2D eigenvalue weighted by atomic mass is 10.1. The maximum atomic E-state index is 3.40. The summed E-state index contributed by atoms with van der Waals surface area (Å²) in [6.07, 6.45) is 9.79. The number of hydrogen-bond acceptors (Lipinski definition) is 2. The zero-order chi connectivity index (χ0) is 8.23. The Morgan fingerprint density at radius 1 is 1.23 bits per heavy atom. The van der Waals surface area contributed by atoms with Crippen molar-refractivity contribution in [1.29, 1.82) is 0 Å². The van der Waals surface area contributed by atoms with E-state index in [0.29, 0.717) is 0 Å². The van der Waals surface area contributed by atoms with Gasteiger partial charge in [-0.1, -0.05) is 25.7 Å². The van der Waals surface area contributed by atoms with Crippen LogP contribution >= 0.6 is 0 Å². The Balaban J connectivity index is 0.000000845. The first kappa shape index (κ1) is 10.1. The van der Waals surface area contributed by atoms with E-state index in [9.17, 15) is 0 Å². The minimum Gasteiger partial charge on any atom is -0.384 e. The van der Waals surface area contributed by atoms with Crippen molar-refractivity contribution in [1.82, 2.24) is 10.6 Å². The van der Waals surface area contributed by atoms with Gasteiger partial charge < -0.3 is 10.6 Å². The van der Waals surface area contributed by atoms with Gasteiger partial charge in [-0.2, -0.15) is 0 Å². The van der Waals surface area contributed by atoms with Crippen molar-refractivity contribution in [3.05, 3.63) is 35.6 Å². The third-order valence-corrected chi connectivity index (χ3v) is 2.18. The van der Waals surface area contributed by atoms with E-state index < -0.39 is 0 Å². The molecule has 0 amide bonds. The Morgan fingerprint density at radius 2 is 2.15 bits per heavy atom. The van der Waals surface area contributed by atoms with Crippen LogP contribution in [0.3, 0.4) is 0 Å². The van der Waals surface area contributed by atoms with Gasteiger partial charge in [0.05, 0.1) is 0 Å². The Labute approximate surface area is 80.4 Å². The Hall–Kier alpha value is -1.02. The Bertz CT molecular complexity index is 249. The fourth-order valence-electron chi connectivity index (χ4n) is 1.52. The second-order valence-corrected chi connectivity index (χ2v) is 3.08. The van der Waals surface area contributed by atoms with Gasteiger partial charge in [-0.3, -0.25) is 0 Å². The molecule has 13 heavy (non-hydrogen) atoms. The topological polar surface area (TPSA) is 24.1 Å². The first-order valence-corrected chi connectivity index (χ1v) is 4.47. The molecule has 0 atom stereocenters. The Morgan fingerprint density at radius 3 is 3.08 bits per heavy atom. The third kappa shape index (κ3) is 2.46. The monoisotopic (exact) mass is 178 g/mol. The number of hydrogen-bond donors (Lipinski definition) is 2. The van der Waals surface area contributed by atoms with Crippen molar-refractivity contribution < 1.29 is 0 Å². The van der Waals surface area contributed by atoms with Gasteiger partial charge in [0.15, 0.2) is 0 Å². The van der Waals surface area contributed by atoms with Crippen LogP contribution in [0.2, 0.25) is 0 Å². The minimum atomic E-state index is 0. The van der Waals surface area contributed by atoms with E-state index in [0.717, 1.165) is 26.1 Å². The molecule has 1 heterocycles. The van der Waals surface area contributed by atoms with E-state index in [-0.39, 0.29) is 7.43 Å². The molecule has 0 aromatic rings. The molecule has 1 saturated heterocycles. The van der Waals surface area contributed by atoms with E-state index in [1.165, 1.54) is 11.3 Å². The summed E-state index contributed by atoms with van der Waals surface area (Å²) in [6, 6.07) is 0. The molecule has 0 bridgehead atoms. The summed E-state index contributed by atoms with van der Waals surface area (Å²) in [5.74, 6) is 0. The molecule has 1 aliphatic heterocycles. The van der Waals surface area contributed by atoms with Crippen LogP contribution in [0, 0.1) is 0 Å². The molecule has 0 saturated carbocycles. The van der Waals surface area contributed by atoms with Crippen LogP contribution in [0.1, 0.15) is 13.8 Å². The highest BCUT2D eigenvalue weighted by Crippen LogP contribution is 2.12. The maximum Gasteiger partial charge on any atom is 0.0383 e. The molecule has 2 nitrogen and oxygen atoms in total. The van der Waals surface area contributed by atoms with Crippen molar-refractivity contribution in [2.24, 2.45) is 0 Å². The first-order chi connectivity index (χ1) is 5.97. The van der Waals surface area contributed by atoms with E-state index in [2.05, 4.69) is 34.9 Å². The quantitative estimate of drug-likeness (QED) is 0.588. The summed E-state index contributed by atoms with van der Waals surface area (Å²) < 4.78 is 0. The largest absolute Gasteiger partial charge is 0.384 e. The molecular formula is C11H18N2. The van der Waals surface area contributed by atoms with Crippen LogP contribution < -0.4 is 10.6 Å². The highest BCUT2D eigenvalue weighted by Gasteiger charge is 2.08. The Kier molecular flexibility index (Phi) is 3.77. The molecular weight excluding hydrogens is 160 g/mol. The molecule has 0 radical (unpaired) electrons. The lowest BCUT2D eigenvalue weighted by molar-refractivity contribution is 0.733. The number of rotatable bonds is 0. The lowest BCUT2D eigenvalue weighted by Crippen LogP contribution is -2.20. The highest BCUT2D eigenvalue weighted by molar-refractivity contribution is 5.36. The van der Waals surface area contributed by atoms with Crippen LogP contribution in [0.15, 0.2) is 35.6 Å². The van der Waals surface area contributed by atoms with Crippen molar-refractivity contribution in [2.75, 3.05) is 19.6 Å². The standard InChI is InChI=1S/C10H14N2.CH4/c1-2-4-9-8-11-6-7-12-10(9)5-3-1;/h1,3-5,11-12H,2,6-8H2;1H4. The van der Waals surface area contributed by atoms with Gasteiger partial charge in [0.2, 0.25) is 0 Å². The van der Waals surface area contributed by atoms with E-state index in [4.69, 9.17) is 0 Å². The van der Waals surface area contributed by atoms with Crippen molar-refractivity contribution in [3.8, 4) is 0 Å². The molecule has 1 fully saturated rings. The zero-order valence-corrected chi connectivity index (χ0v) is 7.14. The fourth-order valence-corrected chi connectivity index (χ4v) is 1.52. The third-order valence-electron chi connectivity index (χ3n) is 2.18. The average Bonchev–Trinajstić information content (AvgIpc) is 2.38. The molecule has 2 N–H and O–H groups in total. The second kappa shape index (κ2) is 4.87. The smallest absolute Gasteiger partial charge is 0.0383 e. The second-order valence-electron chi connectivity index (χ2n) is 3.08. The van der Waals surface area contributed by atoms with Gasteiger partial charge in [0.25, 0.3) is 0 Å². The number of fused-ring (bicyclic) bond motifs is 1. The van der Waals surface area contributed by atoms with Gasteiger partial charge in [0, 0.05) is 25.3 Å². The SMILES string of the molecule is C.C1=CCC=C2CNCCNC2=C1. The molecule has 0 aromatic heterocycles. The van der Waals surface area contributed by atoms with E-state index in [1.54, 1.807) is 0 Å². The van der Waals surface area contributed by atoms with Crippen LogP contribution in [0.4, 0.5) is 0 Å². The highest BCUT2D eigenvalue weighted by atomic mass is 15.0. The normalized spacial score (nSPS) is 20.9. The predicted molar refractivity (Wildman–Crippen MR) is 57.5 cm³/mol. The number of allylic oxidation sites excluding steroid dienone is 4. The van der Waals surface area contributed by atoms with Crippen LogP contribution in [-0.4, -0.2) is 19.6 Å². The van der Waals surface area contributed by atoms with Gasteiger partial charge in [-0.15, -0.1) is 0 Å². The van der Waals surface area contributed by atoms with E-state index >= 15 is 0 Å². The molecule has 1 aliphatic carbocycles. The summed E-state index contributed by atoms with van der Waals surface area (Å²) >= 11 is 0. The molecule has 72 valence electrons. The van der Waals surface area contributed by atoms with Crippen LogP contribution in [0.5, 0.6) is 0 Å². The van der Waals surface area contributed by atoms with Gasteiger partial charge >= 0.3 is 0 Å². The summed E-state index contributed by atoms with van der Waals surface area (Å²) in [5.41, 5.74) is 2.69. The fraction of sp³-hybridized carbons (Fsp3) is 0.455. The maximum absolute atomic E-state index is 3.40. The summed E-state index contributed by atoms with van der Waals surface area (Å²) in [4.78, 5) is 0. The molecule has 2 rings (SSSR count). The molecule has 0 unspecified atom stereocenters. The minimum absolute atomic E-state index is 0. The molecule has 2 heteroatoms. The molecule has 0 aromatic carbocycles. The van der Waals surface area contributed by atoms with Crippen LogP contribution in [0.25, 0.3) is 0 Å². The molecule has 0 spiro atoms. The molecule has 2 aliphatic rings. The summed E-state index contributed by atoms with van der Waals surface area (Å²) in [5, 5.41) is 6.78. The van der Waals surface area contributed by atoms with Crippen molar-refractivity contribution in [3.63, 3.8) is 0 Å². The lowest BCUT2D eigenvalue weighted by Gasteiger charge is -2.07. The van der Waals surface area contributed by atoms with Gasteiger partial charge in [-0.05, 0) is 18.1 Å². The van der Waals surface area contributed by atoms with Crippen molar-refractivity contribution >= 4 is 0 Å². The summed E-state index contributed by atoms with van der Waals surface area (Å²) in [7, 11) is 0. The first-order valence-electron chi connectivity index (χ1n) is 4.47. The van der Waals surface area contributed by atoms with Gasteiger partial charge in [0.1, 0.15) is 0 Å². The van der Waals surface area contributed by atoms with Gasteiger partial charge in [-0.25, -0.2) is 0 Å². The zero-order valence-electron chi connectivity index (χ0n) is 7.14. The van der Waals surface area contributed by atoms with Crippen LogP contribution in [-0.2, 0) is 0 Å². The van der Waals surface area contributed by atoms with Crippen molar-refractivity contribution in [2.45, 2.75) is 13.8 Å². The average molecular weight is 178 g/mol. The van der Waals surface area contributed by atoms with E-state index in [1.807, 2.05) is 0 Å². The summed E-state index contributed by atoms with van der Waals surface area (Å²) in [6.45, 7) is 3.08. The number of nitrogens with one attached hydrogen (secondary N) is 2.